The lowest BCUT2D eigenvalue weighted by Crippen LogP contribution is -2.54. The van der Waals surface area contributed by atoms with Crippen LogP contribution in [-0.2, 0) is 16.1 Å². The molecule has 2 N–H and O–H groups in total. The van der Waals surface area contributed by atoms with Crippen molar-refractivity contribution in [1.29, 1.82) is 0 Å². The van der Waals surface area contributed by atoms with Crippen molar-refractivity contribution < 1.29 is 28.0 Å². The van der Waals surface area contributed by atoms with E-state index >= 15 is 0 Å². The average molecular weight is 420 g/mol. The van der Waals surface area contributed by atoms with Crippen molar-refractivity contribution in [2.45, 2.75) is 44.3 Å². The molecular formula is C20H22F2N4O4. The van der Waals surface area contributed by atoms with Gasteiger partial charge in [-0.15, -0.1) is 0 Å². The molecule has 0 aromatic heterocycles. The van der Waals surface area contributed by atoms with E-state index in [9.17, 15) is 28.0 Å². The van der Waals surface area contributed by atoms with Crippen LogP contribution < -0.4 is 10.6 Å². The fourth-order valence-corrected chi connectivity index (χ4v) is 4.30. The van der Waals surface area contributed by atoms with Crippen LogP contribution in [0.1, 0.15) is 45.5 Å². The summed E-state index contributed by atoms with van der Waals surface area (Å²) < 4.78 is 25.8. The van der Waals surface area contributed by atoms with Gasteiger partial charge in [0.1, 0.15) is 6.04 Å². The van der Waals surface area contributed by atoms with E-state index in [0.717, 1.165) is 10.5 Å². The predicted molar refractivity (Wildman–Crippen MR) is 101 cm³/mol. The number of hydrogen-bond donors (Lipinski definition) is 2. The molecule has 2 unspecified atom stereocenters. The van der Waals surface area contributed by atoms with Crippen LogP contribution in [0.25, 0.3) is 0 Å². The van der Waals surface area contributed by atoms with Crippen molar-refractivity contribution in [3.05, 3.63) is 34.9 Å². The molecule has 10 heteroatoms. The van der Waals surface area contributed by atoms with E-state index < -0.39 is 36.1 Å². The van der Waals surface area contributed by atoms with Crippen LogP contribution in [0.15, 0.2) is 18.2 Å². The average Bonchev–Trinajstić information content (AvgIpc) is 2.94. The van der Waals surface area contributed by atoms with E-state index in [4.69, 9.17) is 0 Å². The molecule has 4 amide bonds. The third kappa shape index (κ3) is 3.84. The highest BCUT2D eigenvalue weighted by atomic mass is 19.3. The van der Waals surface area contributed by atoms with Gasteiger partial charge in [0.15, 0.2) is 0 Å². The first-order valence-corrected chi connectivity index (χ1v) is 9.92. The van der Waals surface area contributed by atoms with E-state index in [1.54, 1.807) is 18.2 Å². The number of alkyl halides is 2. The van der Waals surface area contributed by atoms with Crippen LogP contribution in [-0.4, -0.2) is 71.6 Å². The summed E-state index contributed by atoms with van der Waals surface area (Å²) in [4.78, 5) is 52.0. The molecule has 3 heterocycles. The molecule has 1 aromatic rings. The number of rotatable bonds is 5. The van der Waals surface area contributed by atoms with Crippen molar-refractivity contribution in [2.24, 2.45) is 0 Å². The van der Waals surface area contributed by atoms with Crippen LogP contribution >= 0.6 is 0 Å². The fourth-order valence-electron chi connectivity index (χ4n) is 4.30. The van der Waals surface area contributed by atoms with Gasteiger partial charge in [-0.25, -0.2) is 8.78 Å². The summed E-state index contributed by atoms with van der Waals surface area (Å²) in [5.41, 5.74) is 1.14. The van der Waals surface area contributed by atoms with Crippen molar-refractivity contribution in [2.75, 3.05) is 19.6 Å². The maximum Gasteiger partial charge on any atom is 0.262 e. The number of hydrogen-bond acceptors (Lipinski definition) is 6. The number of carbonyl (C=O) groups is 4. The van der Waals surface area contributed by atoms with Crippen LogP contribution in [0.3, 0.4) is 0 Å². The first-order valence-electron chi connectivity index (χ1n) is 9.92. The molecule has 0 saturated carbocycles. The Hall–Kier alpha value is -2.72. The summed E-state index contributed by atoms with van der Waals surface area (Å²) in [6.45, 7) is 2.14. The maximum absolute atomic E-state index is 12.9. The Kier molecular flexibility index (Phi) is 5.61. The Morgan fingerprint density at radius 2 is 1.87 bits per heavy atom. The number of imide groups is 2. The number of benzene rings is 1. The summed E-state index contributed by atoms with van der Waals surface area (Å²) >= 11 is 0. The Bertz CT molecular complexity index is 907. The number of halogens is 2. The standard InChI is InChI=1S/C20H22F2N4O4/c21-16(22)8-12-9-23-5-6-25(12)10-11-1-2-13-14(7-11)20(30)26(19(13)29)15-3-4-17(27)24-18(15)28/h1-2,7,12,15-16,23H,3-6,8-10H2,(H,24,27,28). The summed E-state index contributed by atoms with van der Waals surface area (Å²) in [7, 11) is 0. The number of piperazine rings is 1. The molecule has 0 bridgehead atoms. The summed E-state index contributed by atoms with van der Waals surface area (Å²) in [5, 5.41) is 5.28. The highest BCUT2D eigenvalue weighted by Crippen LogP contribution is 2.29. The maximum atomic E-state index is 12.9. The molecule has 30 heavy (non-hydrogen) atoms. The van der Waals surface area contributed by atoms with Crippen LogP contribution in [0, 0.1) is 0 Å². The molecule has 3 aliphatic heterocycles. The lowest BCUT2D eigenvalue weighted by molar-refractivity contribution is -0.136. The third-order valence-electron chi connectivity index (χ3n) is 5.81. The number of nitrogens with zero attached hydrogens (tertiary/aromatic N) is 2. The zero-order chi connectivity index (χ0) is 21.4. The first-order chi connectivity index (χ1) is 14.3. The smallest absolute Gasteiger partial charge is 0.262 e. The van der Waals surface area contributed by atoms with Gasteiger partial charge in [-0.3, -0.25) is 34.3 Å². The number of amides is 4. The summed E-state index contributed by atoms with van der Waals surface area (Å²) in [6.07, 6.45) is -2.49. The molecule has 2 fully saturated rings. The fraction of sp³-hybridized carbons (Fsp3) is 0.500. The molecule has 2 atom stereocenters. The Balaban J connectivity index is 1.53. The van der Waals surface area contributed by atoms with Gasteiger partial charge in [0.2, 0.25) is 18.2 Å². The second kappa shape index (κ2) is 8.19. The van der Waals surface area contributed by atoms with Crippen molar-refractivity contribution in [3.63, 3.8) is 0 Å². The molecule has 1 aromatic carbocycles. The minimum absolute atomic E-state index is 0.0591. The molecule has 0 spiro atoms. The van der Waals surface area contributed by atoms with Gasteiger partial charge in [-0.1, -0.05) is 6.07 Å². The largest absolute Gasteiger partial charge is 0.314 e. The predicted octanol–water partition coefficient (Wildman–Crippen LogP) is 0.517. The van der Waals surface area contributed by atoms with Crippen LogP contribution in [0.2, 0.25) is 0 Å². The molecule has 2 saturated heterocycles. The van der Waals surface area contributed by atoms with Gasteiger partial charge in [0, 0.05) is 45.1 Å². The van der Waals surface area contributed by atoms with E-state index in [1.165, 1.54) is 0 Å². The number of nitrogens with one attached hydrogen (secondary N) is 2. The van der Waals surface area contributed by atoms with E-state index in [0.29, 0.717) is 26.2 Å². The van der Waals surface area contributed by atoms with Gasteiger partial charge >= 0.3 is 0 Å². The zero-order valence-corrected chi connectivity index (χ0v) is 16.2. The second-order valence-electron chi connectivity index (χ2n) is 7.78. The van der Waals surface area contributed by atoms with Gasteiger partial charge in [0.05, 0.1) is 11.1 Å². The summed E-state index contributed by atoms with van der Waals surface area (Å²) in [5.74, 6) is -2.22. The zero-order valence-electron chi connectivity index (χ0n) is 16.2. The topological polar surface area (TPSA) is 98.8 Å². The molecular weight excluding hydrogens is 398 g/mol. The van der Waals surface area contributed by atoms with Crippen LogP contribution in [0.4, 0.5) is 8.78 Å². The normalized spacial score (nSPS) is 25.1. The van der Waals surface area contributed by atoms with Crippen LogP contribution in [0.5, 0.6) is 0 Å². The third-order valence-corrected chi connectivity index (χ3v) is 5.81. The first kappa shape index (κ1) is 20.5. The van der Waals surface area contributed by atoms with Crippen molar-refractivity contribution in [3.8, 4) is 0 Å². The van der Waals surface area contributed by atoms with Crippen molar-refractivity contribution in [1.82, 2.24) is 20.4 Å². The lowest BCUT2D eigenvalue weighted by atomic mass is 10.0. The lowest BCUT2D eigenvalue weighted by Gasteiger charge is -2.36. The molecule has 0 aliphatic carbocycles. The Morgan fingerprint density at radius 3 is 2.60 bits per heavy atom. The van der Waals surface area contributed by atoms with Gasteiger partial charge in [-0.2, -0.15) is 0 Å². The van der Waals surface area contributed by atoms with E-state index in [1.807, 2.05) is 4.90 Å². The molecule has 4 rings (SSSR count). The minimum atomic E-state index is -2.40. The Labute approximate surface area is 171 Å². The molecule has 0 radical (unpaired) electrons. The Morgan fingerprint density at radius 1 is 1.10 bits per heavy atom. The molecule has 160 valence electrons. The number of fused-ring (bicyclic) bond motifs is 1. The van der Waals surface area contributed by atoms with Gasteiger partial charge < -0.3 is 5.32 Å². The highest BCUT2D eigenvalue weighted by molar-refractivity contribution is 6.23. The second-order valence-corrected chi connectivity index (χ2v) is 7.78. The SMILES string of the molecule is O=C1CCC(N2C(=O)c3ccc(CN4CCNCC4CC(F)F)cc3C2=O)C(=O)N1. The highest BCUT2D eigenvalue weighted by Gasteiger charge is 2.44. The van der Waals surface area contributed by atoms with E-state index in [-0.39, 0.29) is 36.4 Å². The van der Waals surface area contributed by atoms with Gasteiger partial charge in [-0.05, 0) is 24.1 Å². The van der Waals surface area contributed by atoms with E-state index in [2.05, 4.69) is 10.6 Å². The molecule has 8 nitrogen and oxygen atoms in total. The minimum Gasteiger partial charge on any atom is -0.314 e. The van der Waals surface area contributed by atoms with Crippen molar-refractivity contribution >= 4 is 23.6 Å². The monoisotopic (exact) mass is 420 g/mol. The van der Waals surface area contributed by atoms with Gasteiger partial charge in [0.25, 0.3) is 11.8 Å². The number of carbonyl (C=O) groups excluding carboxylic acids is 4. The quantitative estimate of drug-likeness (QED) is 0.674. The molecule has 3 aliphatic rings. The summed E-state index contributed by atoms with van der Waals surface area (Å²) in [6, 6.07) is 3.52. The number of piperidine rings is 1.